The lowest BCUT2D eigenvalue weighted by molar-refractivity contribution is -0.385. The number of sulfonamides is 1. The molecule has 2 fully saturated rings. The summed E-state index contributed by atoms with van der Waals surface area (Å²) < 4.78 is 62.2. The van der Waals surface area contributed by atoms with Crippen molar-refractivity contribution in [3.63, 3.8) is 0 Å². The predicted molar refractivity (Wildman–Crippen MR) is 140 cm³/mol. The molecule has 2 aliphatic rings. The molecule has 0 bridgehead atoms. The molecule has 0 spiro atoms. The van der Waals surface area contributed by atoms with Gasteiger partial charge in [-0.05, 0) is 43.9 Å². The van der Waals surface area contributed by atoms with Gasteiger partial charge in [0, 0.05) is 44.0 Å². The van der Waals surface area contributed by atoms with Crippen LogP contribution in [-0.2, 0) is 15.8 Å². The molecule has 0 atom stereocenters. The maximum Gasteiger partial charge on any atom is 0.316 e. The lowest BCUT2D eigenvalue weighted by Gasteiger charge is -2.36. The van der Waals surface area contributed by atoms with Crippen LogP contribution in [0.3, 0.4) is 0 Å². The average Bonchev–Trinajstić information content (AvgIpc) is 3.42. The summed E-state index contributed by atoms with van der Waals surface area (Å²) in [6.07, 6.45) is 6.88. The molecule has 3 aromatic rings. The molecule has 1 saturated carbocycles. The van der Waals surface area contributed by atoms with Gasteiger partial charge in [-0.2, -0.15) is 14.1 Å². The summed E-state index contributed by atoms with van der Waals surface area (Å²) in [4.78, 5) is 29.6. The number of anilines is 1. The highest BCUT2D eigenvalue weighted by Crippen LogP contribution is 2.31. The molecule has 5 rings (SSSR count). The van der Waals surface area contributed by atoms with Gasteiger partial charge in [0.15, 0.2) is 0 Å². The number of piperazine rings is 1. The Morgan fingerprint density at radius 1 is 1.05 bits per heavy atom. The summed E-state index contributed by atoms with van der Waals surface area (Å²) in [5.41, 5.74) is -0.757. The fourth-order valence-corrected chi connectivity index (χ4v) is 6.52. The van der Waals surface area contributed by atoms with Gasteiger partial charge in [0.2, 0.25) is 15.8 Å². The molecule has 0 N–H and O–H groups in total. The number of nitro groups is 1. The molecule has 1 aliphatic carbocycles. The first-order valence-electron chi connectivity index (χ1n) is 12.7. The van der Waals surface area contributed by atoms with Crippen LogP contribution in [0, 0.1) is 21.7 Å². The van der Waals surface area contributed by atoms with Crippen LogP contribution >= 0.6 is 0 Å². The molecule has 12 nitrogen and oxygen atoms in total. The molecule has 0 amide bonds. The van der Waals surface area contributed by atoms with Crippen molar-refractivity contribution in [3.05, 3.63) is 80.5 Å². The first-order valence-corrected chi connectivity index (χ1v) is 14.3. The van der Waals surface area contributed by atoms with E-state index in [4.69, 9.17) is 4.74 Å². The second-order valence-electron chi connectivity index (χ2n) is 9.63. The van der Waals surface area contributed by atoms with Gasteiger partial charge in [0.25, 0.3) is 5.69 Å². The summed E-state index contributed by atoms with van der Waals surface area (Å²) in [5.74, 6) is -2.29. The van der Waals surface area contributed by atoms with Crippen LogP contribution in [0.2, 0.25) is 0 Å². The highest BCUT2D eigenvalue weighted by atomic mass is 32.2. The zero-order valence-corrected chi connectivity index (χ0v) is 22.1. The van der Waals surface area contributed by atoms with E-state index in [2.05, 4.69) is 10.1 Å². The number of ether oxygens (including phenoxy) is 1. The Hall–Kier alpha value is -3.98. The minimum Gasteiger partial charge on any atom is -0.483 e. The highest BCUT2D eigenvalue weighted by molar-refractivity contribution is 7.88. The number of halogens is 2. The SMILES string of the molecule is O=c1c(OC2CCCC2)c(N2CCN(S(=O)(=O)Cc3ccncc3[N+](=O)[O-])CC2)cnn1-c1cc(F)cc(F)c1. The number of hydrogen-bond donors (Lipinski definition) is 0. The van der Waals surface area contributed by atoms with Gasteiger partial charge in [0.05, 0.1) is 28.7 Å². The molecule has 3 heterocycles. The van der Waals surface area contributed by atoms with Crippen LogP contribution in [0.1, 0.15) is 31.2 Å². The molecule has 0 radical (unpaired) electrons. The Balaban J connectivity index is 1.39. The number of hydrogen-bond acceptors (Lipinski definition) is 9. The van der Waals surface area contributed by atoms with Gasteiger partial charge in [-0.25, -0.2) is 17.2 Å². The van der Waals surface area contributed by atoms with Gasteiger partial charge in [0.1, 0.15) is 23.5 Å². The third-order valence-corrected chi connectivity index (χ3v) is 8.82. The lowest BCUT2D eigenvalue weighted by Crippen LogP contribution is -2.49. The zero-order chi connectivity index (χ0) is 28.4. The topological polar surface area (TPSA) is 141 Å². The summed E-state index contributed by atoms with van der Waals surface area (Å²) in [5, 5.41) is 15.4. The Labute approximate surface area is 228 Å². The zero-order valence-electron chi connectivity index (χ0n) is 21.3. The maximum atomic E-state index is 13.9. The number of pyridine rings is 1. The van der Waals surface area contributed by atoms with Crippen LogP contribution in [0.5, 0.6) is 5.75 Å². The van der Waals surface area contributed by atoms with E-state index in [1.807, 2.05) is 0 Å². The van der Waals surface area contributed by atoms with Gasteiger partial charge < -0.3 is 9.64 Å². The summed E-state index contributed by atoms with van der Waals surface area (Å²) in [6, 6.07) is 3.99. The Morgan fingerprint density at radius 2 is 1.73 bits per heavy atom. The van der Waals surface area contributed by atoms with E-state index in [9.17, 15) is 32.1 Å². The molecule has 40 heavy (non-hydrogen) atoms. The van der Waals surface area contributed by atoms with E-state index < -0.39 is 37.9 Å². The molecule has 1 aliphatic heterocycles. The molecular formula is C25H26F2N6O6S. The van der Waals surface area contributed by atoms with Crippen LogP contribution in [0.15, 0.2) is 47.7 Å². The molecular weight excluding hydrogens is 550 g/mol. The van der Waals surface area contributed by atoms with Crippen molar-refractivity contribution < 1.29 is 26.9 Å². The van der Waals surface area contributed by atoms with E-state index in [1.165, 1.54) is 22.8 Å². The Morgan fingerprint density at radius 3 is 2.38 bits per heavy atom. The number of nitrogens with zero attached hydrogens (tertiary/aromatic N) is 6. The van der Waals surface area contributed by atoms with Crippen LogP contribution in [-0.4, -0.2) is 64.7 Å². The van der Waals surface area contributed by atoms with E-state index in [-0.39, 0.29) is 55.0 Å². The Bertz CT molecular complexity index is 1570. The Kier molecular flexibility index (Phi) is 7.76. The van der Waals surface area contributed by atoms with Crippen molar-refractivity contribution in [2.45, 2.75) is 37.5 Å². The van der Waals surface area contributed by atoms with Crippen molar-refractivity contribution in [1.82, 2.24) is 19.1 Å². The lowest BCUT2D eigenvalue weighted by atomic mass is 10.2. The molecule has 0 unspecified atom stereocenters. The predicted octanol–water partition coefficient (Wildman–Crippen LogP) is 2.79. The van der Waals surface area contributed by atoms with Gasteiger partial charge >= 0.3 is 5.56 Å². The molecule has 212 valence electrons. The van der Waals surface area contributed by atoms with Crippen molar-refractivity contribution in [2.75, 3.05) is 31.1 Å². The van der Waals surface area contributed by atoms with E-state index >= 15 is 0 Å². The minimum atomic E-state index is -3.90. The van der Waals surface area contributed by atoms with E-state index in [0.29, 0.717) is 11.8 Å². The second kappa shape index (κ2) is 11.3. The van der Waals surface area contributed by atoms with Crippen LogP contribution in [0.4, 0.5) is 20.2 Å². The molecule has 1 aromatic carbocycles. The van der Waals surface area contributed by atoms with Crippen LogP contribution < -0.4 is 15.2 Å². The van der Waals surface area contributed by atoms with E-state index in [1.54, 1.807) is 4.90 Å². The molecule has 15 heteroatoms. The fraction of sp³-hybridized carbons (Fsp3) is 0.400. The fourth-order valence-electron chi connectivity index (χ4n) is 4.98. The quantitative estimate of drug-likeness (QED) is 0.292. The molecule has 1 saturated heterocycles. The average molecular weight is 577 g/mol. The van der Waals surface area contributed by atoms with Gasteiger partial charge in [-0.15, -0.1) is 0 Å². The van der Waals surface area contributed by atoms with Crippen molar-refractivity contribution >= 4 is 21.4 Å². The second-order valence-corrected chi connectivity index (χ2v) is 11.6. The number of rotatable bonds is 8. The van der Waals surface area contributed by atoms with Crippen LogP contribution in [0.25, 0.3) is 5.69 Å². The number of benzene rings is 1. The maximum absolute atomic E-state index is 13.9. The largest absolute Gasteiger partial charge is 0.483 e. The van der Waals surface area contributed by atoms with Gasteiger partial charge in [-0.1, -0.05) is 0 Å². The third kappa shape index (κ3) is 5.79. The van der Waals surface area contributed by atoms with Crippen molar-refractivity contribution in [1.29, 1.82) is 0 Å². The molecule has 2 aromatic heterocycles. The van der Waals surface area contributed by atoms with Crippen molar-refractivity contribution in [3.8, 4) is 11.4 Å². The summed E-state index contributed by atoms with van der Waals surface area (Å²) in [6.45, 7) is 0.501. The highest BCUT2D eigenvalue weighted by Gasteiger charge is 2.32. The summed E-state index contributed by atoms with van der Waals surface area (Å²) in [7, 11) is -3.90. The monoisotopic (exact) mass is 576 g/mol. The standard InChI is InChI=1S/C25H26F2N6O6S/c26-18-11-19(27)13-20(12-18)32-25(34)24(39-21-3-1-2-4-21)23(15-29-32)30-7-9-31(10-8-30)40(37,38)16-17-5-6-28-14-22(17)33(35)36/h5-6,11-15,21H,1-4,7-10,16H2. The smallest absolute Gasteiger partial charge is 0.316 e. The van der Waals surface area contributed by atoms with Gasteiger partial charge in [-0.3, -0.25) is 19.9 Å². The first kappa shape index (κ1) is 27.6. The van der Waals surface area contributed by atoms with Crippen molar-refractivity contribution in [2.24, 2.45) is 0 Å². The third-order valence-electron chi connectivity index (χ3n) is 6.99. The number of aromatic nitrogens is 3. The first-order chi connectivity index (χ1) is 19.1. The minimum absolute atomic E-state index is 0.0183. The van der Waals surface area contributed by atoms with E-state index in [0.717, 1.165) is 48.7 Å². The summed E-state index contributed by atoms with van der Waals surface area (Å²) >= 11 is 0. The normalized spacial score (nSPS) is 16.8.